The predicted octanol–water partition coefficient (Wildman–Crippen LogP) is -0.256. The maximum Gasteiger partial charge on any atom is 0.277 e. The van der Waals surface area contributed by atoms with Crippen molar-refractivity contribution in [1.29, 1.82) is 0 Å². The lowest BCUT2D eigenvalue weighted by atomic mass is 10.3. The molecule has 0 saturated heterocycles. The fraction of sp³-hybridized carbons (Fsp3) is 0.500. The van der Waals surface area contributed by atoms with E-state index >= 15 is 0 Å². The molecular weight excluding hydrogens is 206 g/mol. The van der Waals surface area contributed by atoms with Crippen LogP contribution < -0.4 is 11.1 Å². The molecule has 0 aromatic carbocycles. The average Bonchev–Trinajstić information content (AvgIpc) is 2.61. The Bertz CT molecular complexity index is 350. The number of carbonyl (C=O) groups excluding carboxylic acids is 1. The van der Waals surface area contributed by atoms with Gasteiger partial charge in [0.2, 0.25) is 0 Å². The van der Waals surface area contributed by atoms with Crippen LogP contribution in [0.1, 0.15) is 10.5 Å². The molecule has 1 aromatic rings. The van der Waals surface area contributed by atoms with Crippen LogP contribution in [0.2, 0.25) is 0 Å². The Hall–Kier alpha value is -1.50. The molecule has 0 bridgehead atoms. The van der Waals surface area contributed by atoms with Crippen molar-refractivity contribution in [3.63, 3.8) is 0 Å². The van der Waals surface area contributed by atoms with Crippen molar-refractivity contribution in [1.82, 2.24) is 14.9 Å². The summed E-state index contributed by atoms with van der Waals surface area (Å²) in [5.74, 6) is -3.71. The summed E-state index contributed by atoms with van der Waals surface area (Å²) in [7, 11) is 1.68. The Morgan fingerprint density at radius 1 is 1.73 bits per heavy atom. The number of nitrogens with zero attached hydrogens (tertiary/aromatic N) is 2. The monoisotopic (exact) mass is 218 g/mol. The average molecular weight is 218 g/mol. The zero-order valence-corrected chi connectivity index (χ0v) is 8.20. The van der Waals surface area contributed by atoms with Crippen molar-refractivity contribution in [3.05, 3.63) is 18.2 Å². The lowest BCUT2D eigenvalue weighted by Crippen LogP contribution is -2.41. The first-order valence-corrected chi connectivity index (χ1v) is 4.29. The number of carbonyl (C=O) groups is 1. The highest BCUT2D eigenvalue weighted by Gasteiger charge is 2.27. The molecule has 0 unspecified atom stereocenters. The molecule has 3 N–H and O–H groups in total. The van der Waals surface area contributed by atoms with Gasteiger partial charge in [-0.05, 0) is 0 Å². The minimum Gasteiger partial charge on any atom is -0.345 e. The normalized spacial score (nSPS) is 11.5. The highest BCUT2D eigenvalue weighted by molar-refractivity contribution is 5.92. The summed E-state index contributed by atoms with van der Waals surface area (Å²) in [6, 6.07) is 0. The van der Waals surface area contributed by atoms with Crippen molar-refractivity contribution in [2.75, 3.05) is 13.1 Å². The molecule has 84 valence electrons. The minimum absolute atomic E-state index is 0.102. The van der Waals surface area contributed by atoms with Gasteiger partial charge in [0.25, 0.3) is 11.8 Å². The Labute approximate surface area is 85.3 Å². The van der Waals surface area contributed by atoms with E-state index in [-0.39, 0.29) is 5.69 Å². The van der Waals surface area contributed by atoms with Gasteiger partial charge in [0.1, 0.15) is 5.69 Å². The molecule has 1 amide bonds. The second-order valence-electron chi connectivity index (χ2n) is 3.17. The van der Waals surface area contributed by atoms with Crippen molar-refractivity contribution in [2.45, 2.75) is 5.92 Å². The molecule has 0 saturated carbocycles. The minimum atomic E-state index is -3.08. The lowest BCUT2D eigenvalue weighted by Gasteiger charge is -2.13. The molecule has 7 heteroatoms. The number of aryl methyl sites for hydroxylation is 1. The van der Waals surface area contributed by atoms with Crippen molar-refractivity contribution in [3.8, 4) is 0 Å². The largest absolute Gasteiger partial charge is 0.345 e. The standard InChI is InChI=1S/C8H12F2N4O/c1-14-2-6(13-5-14)7(15)12-4-8(9,10)3-11/h2,5H,3-4,11H2,1H3,(H,12,15). The van der Waals surface area contributed by atoms with Crippen molar-refractivity contribution in [2.24, 2.45) is 12.8 Å². The number of nitrogens with two attached hydrogens (primary N) is 1. The Kier molecular flexibility index (Phi) is 3.35. The Balaban J connectivity index is 2.50. The number of hydrogen-bond acceptors (Lipinski definition) is 3. The molecule has 0 atom stereocenters. The molecule has 5 nitrogen and oxygen atoms in total. The number of imidazole rings is 1. The van der Waals surface area contributed by atoms with Gasteiger partial charge in [-0.25, -0.2) is 13.8 Å². The van der Waals surface area contributed by atoms with Gasteiger partial charge < -0.3 is 15.6 Å². The summed E-state index contributed by atoms with van der Waals surface area (Å²) < 4.78 is 26.9. The zero-order chi connectivity index (χ0) is 11.5. The maximum absolute atomic E-state index is 12.7. The van der Waals surface area contributed by atoms with Gasteiger partial charge in [0.15, 0.2) is 0 Å². The van der Waals surface area contributed by atoms with Crippen molar-refractivity contribution >= 4 is 5.91 Å². The lowest BCUT2D eigenvalue weighted by molar-refractivity contribution is 0.0118. The molecule has 0 spiro atoms. The van der Waals surface area contributed by atoms with E-state index in [9.17, 15) is 13.6 Å². The van der Waals surface area contributed by atoms with Crippen LogP contribution in [0, 0.1) is 0 Å². The fourth-order valence-electron chi connectivity index (χ4n) is 0.902. The van der Waals surface area contributed by atoms with Gasteiger partial charge in [-0.15, -0.1) is 0 Å². The summed E-state index contributed by atoms with van der Waals surface area (Å²) in [6.45, 7) is -1.57. The van der Waals surface area contributed by atoms with Crippen LogP contribution in [-0.4, -0.2) is 34.5 Å². The van der Waals surface area contributed by atoms with Gasteiger partial charge in [-0.1, -0.05) is 0 Å². The first-order valence-electron chi connectivity index (χ1n) is 4.29. The molecule has 1 heterocycles. The molecule has 0 aliphatic rings. The number of halogens is 2. The summed E-state index contributed by atoms with van der Waals surface area (Å²) >= 11 is 0. The Morgan fingerprint density at radius 2 is 2.40 bits per heavy atom. The summed E-state index contributed by atoms with van der Waals surface area (Å²) in [6.07, 6.45) is 2.85. The van der Waals surface area contributed by atoms with Crippen LogP contribution in [0.5, 0.6) is 0 Å². The van der Waals surface area contributed by atoms with E-state index in [1.54, 1.807) is 11.6 Å². The first-order chi connectivity index (χ1) is 6.94. The predicted molar refractivity (Wildman–Crippen MR) is 49.5 cm³/mol. The second-order valence-corrected chi connectivity index (χ2v) is 3.17. The summed E-state index contributed by atoms with van der Waals surface area (Å²) in [4.78, 5) is 15.0. The number of nitrogens with one attached hydrogen (secondary N) is 1. The second kappa shape index (κ2) is 4.35. The molecule has 1 rings (SSSR count). The highest BCUT2D eigenvalue weighted by Crippen LogP contribution is 2.08. The van der Waals surface area contributed by atoms with Crippen LogP contribution in [0.15, 0.2) is 12.5 Å². The van der Waals surface area contributed by atoms with Crippen LogP contribution in [0.25, 0.3) is 0 Å². The third-order valence-corrected chi connectivity index (χ3v) is 1.74. The van der Waals surface area contributed by atoms with E-state index in [0.717, 1.165) is 0 Å². The van der Waals surface area contributed by atoms with Gasteiger partial charge in [0.05, 0.1) is 19.4 Å². The van der Waals surface area contributed by atoms with E-state index in [1.807, 2.05) is 0 Å². The number of rotatable bonds is 4. The molecular formula is C8H12F2N4O. The third kappa shape index (κ3) is 3.28. The van der Waals surface area contributed by atoms with E-state index in [4.69, 9.17) is 5.73 Å². The molecule has 15 heavy (non-hydrogen) atoms. The molecule has 0 radical (unpaired) electrons. The SMILES string of the molecule is Cn1cnc(C(=O)NCC(F)(F)CN)c1. The maximum atomic E-state index is 12.7. The third-order valence-electron chi connectivity index (χ3n) is 1.74. The summed E-state index contributed by atoms with van der Waals surface area (Å²) in [5.41, 5.74) is 4.92. The number of hydrogen-bond donors (Lipinski definition) is 2. The number of aromatic nitrogens is 2. The van der Waals surface area contributed by atoms with E-state index in [1.165, 1.54) is 12.5 Å². The van der Waals surface area contributed by atoms with Gasteiger partial charge in [-0.2, -0.15) is 0 Å². The zero-order valence-electron chi connectivity index (χ0n) is 8.20. The number of alkyl halides is 2. The van der Waals surface area contributed by atoms with Crippen LogP contribution in [-0.2, 0) is 7.05 Å². The fourth-order valence-corrected chi connectivity index (χ4v) is 0.902. The Morgan fingerprint density at radius 3 is 2.87 bits per heavy atom. The topological polar surface area (TPSA) is 72.9 Å². The van der Waals surface area contributed by atoms with Crippen molar-refractivity contribution < 1.29 is 13.6 Å². The molecule has 0 aliphatic carbocycles. The molecule has 0 fully saturated rings. The first kappa shape index (κ1) is 11.6. The highest BCUT2D eigenvalue weighted by atomic mass is 19.3. The van der Waals surface area contributed by atoms with E-state index in [2.05, 4.69) is 10.3 Å². The quantitative estimate of drug-likeness (QED) is 0.731. The molecule has 1 aromatic heterocycles. The van der Waals surface area contributed by atoms with Crippen LogP contribution >= 0.6 is 0 Å². The number of amides is 1. The smallest absolute Gasteiger partial charge is 0.277 e. The van der Waals surface area contributed by atoms with Crippen LogP contribution in [0.3, 0.4) is 0 Å². The van der Waals surface area contributed by atoms with Crippen LogP contribution in [0.4, 0.5) is 8.78 Å². The van der Waals surface area contributed by atoms with Gasteiger partial charge in [0, 0.05) is 13.2 Å². The van der Waals surface area contributed by atoms with Gasteiger partial charge >= 0.3 is 0 Å². The summed E-state index contributed by atoms with van der Waals surface area (Å²) in [5, 5.41) is 2.06. The molecule has 0 aliphatic heterocycles. The van der Waals surface area contributed by atoms with E-state index in [0.29, 0.717) is 0 Å². The van der Waals surface area contributed by atoms with E-state index < -0.39 is 24.9 Å². The van der Waals surface area contributed by atoms with Gasteiger partial charge in [-0.3, -0.25) is 4.79 Å².